The first-order valence-electron chi connectivity index (χ1n) is 5.72. The second-order valence-electron chi connectivity index (χ2n) is 3.99. The highest BCUT2D eigenvalue weighted by molar-refractivity contribution is 5.86. The van der Waals surface area contributed by atoms with Gasteiger partial charge in [-0.15, -0.1) is 5.10 Å². The molecule has 1 aliphatic rings. The third kappa shape index (κ3) is 2.35. The highest BCUT2D eigenvalue weighted by Crippen LogP contribution is 2.35. The van der Waals surface area contributed by atoms with Crippen LogP contribution in [0.25, 0.3) is 0 Å². The van der Waals surface area contributed by atoms with Crippen LogP contribution in [0.4, 0.5) is 6.01 Å². The van der Waals surface area contributed by atoms with Crippen molar-refractivity contribution < 1.29 is 18.7 Å². The normalized spacial score (nSPS) is 17.0. The van der Waals surface area contributed by atoms with Crippen molar-refractivity contribution in [3.8, 4) is 11.5 Å². The zero-order valence-corrected chi connectivity index (χ0v) is 10.1. The Kier molecular flexibility index (Phi) is 2.79. The maximum Gasteiger partial charge on any atom is 0.322 e. The van der Waals surface area contributed by atoms with Gasteiger partial charge in [0.15, 0.2) is 11.5 Å². The number of aromatic nitrogens is 2. The summed E-state index contributed by atoms with van der Waals surface area (Å²) in [6, 6.07) is 7.38. The maximum atomic E-state index is 10.9. The predicted octanol–water partition coefficient (Wildman–Crippen LogP) is 1.54. The molecule has 1 atom stereocenters. The molecule has 0 saturated carbocycles. The third-order valence-electron chi connectivity index (χ3n) is 2.51. The van der Waals surface area contributed by atoms with E-state index in [0.717, 1.165) is 0 Å². The van der Waals surface area contributed by atoms with E-state index in [1.165, 1.54) is 6.92 Å². The van der Waals surface area contributed by atoms with Gasteiger partial charge in [0.05, 0.1) is 0 Å². The van der Waals surface area contributed by atoms with Gasteiger partial charge in [-0.05, 0) is 12.1 Å². The van der Waals surface area contributed by atoms with E-state index in [4.69, 9.17) is 13.9 Å². The minimum Gasteiger partial charge on any atom is -0.485 e. The van der Waals surface area contributed by atoms with Crippen molar-refractivity contribution in [2.75, 3.05) is 11.9 Å². The first-order valence-corrected chi connectivity index (χ1v) is 5.72. The lowest BCUT2D eigenvalue weighted by Crippen LogP contribution is -2.21. The lowest BCUT2D eigenvalue weighted by atomic mass is 10.2. The smallest absolute Gasteiger partial charge is 0.322 e. The van der Waals surface area contributed by atoms with Crippen LogP contribution in [0, 0.1) is 0 Å². The first-order chi connectivity index (χ1) is 9.22. The molecule has 2 aromatic rings. The molecule has 0 aliphatic carbocycles. The number of benzene rings is 1. The van der Waals surface area contributed by atoms with Crippen LogP contribution in [0.2, 0.25) is 0 Å². The Morgan fingerprint density at radius 1 is 1.32 bits per heavy atom. The monoisotopic (exact) mass is 261 g/mol. The molecule has 0 spiro atoms. The number of para-hydroxylation sites is 2. The highest BCUT2D eigenvalue weighted by atomic mass is 16.6. The number of hydrogen-bond acceptors (Lipinski definition) is 6. The van der Waals surface area contributed by atoms with Gasteiger partial charge in [0, 0.05) is 6.92 Å². The molecule has 1 N–H and O–H groups in total. The van der Waals surface area contributed by atoms with Gasteiger partial charge >= 0.3 is 6.01 Å². The van der Waals surface area contributed by atoms with Gasteiger partial charge < -0.3 is 13.9 Å². The summed E-state index contributed by atoms with van der Waals surface area (Å²) in [5.74, 6) is 1.29. The van der Waals surface area contributed by atoms with Gasteiger partial charge in [0.25, 0.3) is 5.89 Å². The van der Waals surface area contributed by atoms with Gasteiger partial charge in [-0.25, -0.2) is 0 Å². The molecule has 0 saturated heterocycles. The van der Waals surface area contributed by atoms with Crippen molar-refractivity contribution in [3.63, 3.8) is 0 Å². The first kappa shape index (κ1) is 11.5. The molecule has 1 aliphatic heterocycles. The highest BCUT2D eigenvalue weighted by Gasteiger charge is 2.27. The molecule has 1 aromatic carbocycles. The predicted molar refractivity (Wildman–Crippen MR) is 63.9 cm³/mol. The summed E-state index contributed by atoms with van der Waals surface area (Å²) in [4.78, 5) is 10.9. The zero-order valence-electron chi connectivity index (χ0n) is 10.1. The van der Waals surface area contributed by atoms with Crippen LogP contribution in [0.1, 0.15) is 18.9 Å². The molecular weight excluding hydrogens is 250 g/mol. The van der Waals surface area contributed by atoms with E-state index in [-0.39, 0.29) is 24.4 Å². The number of ether oxygens (including phenoxy) is 2. The summed E-state index contributed by atoms with van der Waals surface area (Å²) in [7, 11) is 0. The van der Waals surface area contributed by atoms with Crippen molar-refractivity contribution in [2.45, 2.75) is 13.0 Å². The number of fused-ring (bicyclic) bond motifs is 1. The Morgan fingerprint density at radius 3 is 2.89 bits per heavy atom. The largest absolute Gasteiger partial charge is 0.485 e. The molecule has 7 heteroatoms. The Bertz CT molecular complexity index is 611. The van der Waals surface area contributed by atoms with Gasteiger partial charge in [0.1, 0.15) is 6.61 Å². The molecule has 2 heterocycles. The molecule has 98 valence electrons. The number of amides is 1. The Balaban J connectivity index is 1.77. The van der Waals surface area contributed by atoms with Gasteiger partial charge in [-0.1, -0.05) is 17.2 Å². The number of nitrogens with zero attached hydrogens (tertiary/aromatic N) is 2. The molecule has 1 amide bonds. The Morgan fingerprint density at radius 2 is 2.11 bits per heavy atom. The van der Waals surface area contributed by atoms with Gasteiger partial charge in [-0.2, -0.15) is 0 Å². The molecule has 0 fully saturated rings. The van der Waals surface area contributed by atoms with E-state index in [1.807, 2.05) is 18.2 Å². The van der Waals surface area contributed by atoms with Crippen molar-refractivity contribution >= 4 is 11.9 Å². The Labute approximate surface area is 108 Å². The molecule has 7 nitrogen and oxygen atoms in total. The quantitative estimate of drug-likeness (QED) is 0.882. The van der Waals surface area contributed by atoms with Crippen LogP contribution in [0.15, 0.2) is 28.7 Å². The van der Waals surface area contributed by atoms with Crippen LogP contribution in [0.5, 0.6) is 11.5 Å². The van der Waals surface area contributed by atoms with E-state index < -0.39 is 6.10 Å². The van der Waals surface area contributed by atoms with E-state index in [9.17, 15) is 4.79 Å². The lowest BCUT2D eigenvalue weighted by Gasteiger charge is -2.23. The van der Waals surface area contributed by atoms with Gasteiger partial charge in [-0.3, -0.25) is 10.1 Å². The SMILES string of the molecule is CC(=O)Nc1nnc([C@H]2COc3ccccc3O2)o1. The van der Waals surface area contributed by atoms with E-state index in [2.05, 4.69) is 15.5 Å². The second kappa shape index (κ2) is 4.60. The second-order valence-corrected chi connectivity index (χ2v) is 3.99. The third-order valence-corrected chi connectivity index (χ3v) is 2.51. The van der Waals surface area contributed by atoms with Crippen molar-refractivity contribution in [1.29, 1.82) is 0 Å². The molecule has 19 heavy (non-hydrogen) atoms. The van der Waals surface area contributed by atoms with Crippen molar-refractivity contribution in [2.24, 2.45) is 0 Å². The maximum absolute atomic E-state index is 10.9. The zero-order chi connectivity index (χ0) is 13.2. The fraction of sp³-hybridized carbons (Fsp3) is 0.250. The van der Waals surface area contributed by atoms with Crippen LogP contribution in [0.3, 0.4) is 0 Å². The van der Waals surface area contributed by atoms with Crippen molar-refractivity contribution in [1.82, 2.24) is 10.2 Å². The number of carbonyl (C=O) groups is 1. The summed E-state index contributed by atoms with van der Waals surface area (Å²) < 4.78 is 16.5. The van der Waals surface area contributed by atoms with Gasteiger partial charge in [0.2, 0.25) is 12.0 Å². The number of carbonyl (C=O) groups excluding carboxylic acids is 1. The number of anilines is 1. The van der Waals surface area contributed by atoms with E-state index in [1.54, 1.807) is 6.07 Å². The summed E-state index contributed by atoms with van der Waals surface area (Å²) in [6.07, 6.45) is -0.482. The fourth-order valence-corrected chi connectivity index (χ4v) is 1.71. The molecular formula is C12H11N3O4. The summed E-state index contributed by atoms with van der Waals surface area (Å²) in [6.45, 7) is 1.64. The van der Waals surface area contributed by atoms with Crippen LogP contribution < -0.4 is 14.8 Å². The minimum atomic E-state index is -0.482. The standard InChI is InChI=1S/C12H11N3O4/c1-7(16)13-12-15-14-11(19-12)10-6-17-8-4-2-3-5-9(8)18-10/h2-5,10H,6H2,1H3,(H,13,15,16)/t10-/m1/s1. The minimum absolute atomic E-state index is 0.0463. The summed E-state index contributed by atoms with van der Waals surface area (Å²) in [5.41, 5.74) is 0. The topological polar surface area (TPSA) is 86.5 Å². The average Bonchev–Trinajstić information content (AvgIpc) is 2.86. The van der Waals surface area contributed by atoms with Crippen LogP contribution >= 0.6 is 0 Å². The number of nitrogens with one attached hydrogen (secondary N) is 1. The molecule has 3 rings (SSSR count). The van der Waals surface area contributed by atoms with Crippen molar-refractivity contribution in [3.05, 3.63) is 30.2 Å². The van der Waals surface area contributed by atoms with E-state index >= 15 is 0 Å². The fourth-order valence-electron chi connectivity index (χ4n) is 1.71. The lowest BCUT2D eigenvalue weighted by molar-refractivity contribution is -0.114. The average molecular weight is 261 g/mol. The Hall–Kier alpha value is -2.57. The van der Waals surface area contributed by atoms with Crippen LogP contribution in [-0.4, -0.2) is 22.7 Å². The molecule has 0 radical (unpaired) electrons. The number of hydrogen-bond donors (Lipinski definition) is 1. The number of rotatable bonds is 2. The molecule has 0 bridgehead atoms. The molecule has 0 unspecified atom stereocenters. The summed E-state index contributed by atoms with van der Waals surface area (Å²) >= 11 is 0. The summed E-state index contributed by atoms with van der Waals surface area (Å²) in [5, 5.41) is 9.94. The molecule has 1 aromatic heterocycles. The van der Waals surface area contributed by atoms with E-state index in [0.29, 0.717) is 11.5 Å². The van der Waals surface area contributed by atoms with Crippen LogP contribution in [-0.2, 0) is 4.79 Å².